The summed E-state index contributed by atoms with van der Waals surface area (Å²) in [5.41, 5.74) is 2.17. The molecule has 4 rings (SSSR count). The zero-order valence-corrected chi connectivity index (χ0v) is 18.5. The third-order valence-electron chi connectivity index (χ3n) is 4.97. The number of aromatic hydroxyl groups is 1. The van der Waals surface area contributed by atoms with Gasteiger partial charge in [0.15, 0.2) is 0 Å². The second kappa shape index (κ2) is 9.64. The number of benzene rings is 2. The van der Waals surface area contributed by atoms with Gasteiger partial charge < -0.3 is 20.1 Å². The molecule has 2 saturated heterocycles. The summed E-state index contributed by atoms with van der Waals surface area (Å²) >= 11 is 6.63. The van der Waals surface area contributed by atoms with Gasteiger partial charge in [0.1, 0.15) is 12.3 Å². The van der Waals surface area contributed by atoms with Crippen LogP contribution in [0.1, 0.15) is 5.56 Å². The van der Waals surface area contributed by atoms with Crippen LogP contribution in [0.3, 0.4) is 0 Å². The highest BCUT2D eigenvalue weighted by molar-refractivity contribution is 8.18. The van der Waals surface area contributed by atoms with E-state index in [0.717, 1.165) is 35.4 Å². The first-order chi connectivity index (χ1) is 15.4. The van der Waals surface area contributed by atoms with Crippen molar-refractivity contribution in [1.29, 1.82) is 0 Å². The molecule has 0 aliphatic carbocycles. The molecule has 2 heterocycles. The van der Waals surface area contributed by atoms with E-state index in [1.165, 1.54) is 18.2 Å². The minimum atomic E-state index is -0.554. The van der Waals surface area contributed by atoms with Crippen LogP contribution in [0.4, 0.5) is 16.2 Å². The van der Waals surface area contributed by atoms with Gasteiger partial charge in [-0.2, -0.15) is 0 Å². The van der Waals surface area contributed by atoms with Crippen molar-refractivity contribution >= 4 is 57.9 Å². The summed E-state index contributed by atoms with van der Waals surface area (Å²) in [5.74, 6) is -1.10. The number of carbonyl (C=O) groups excluding carboxylic acids is 3. The number of nitrogens with zero attached hydrogens (tertiary/aromatic N) is 2. The molecule has 2 aromatic carbocycles. The van der Waals surface area contributed by atoms with Gasteiger partial charge in [-0.3, -0.25) is 19.3 Å². The Balaban J connectivity index is 1.37. The van der Waals surface area contributed by atoms with E-state index in [9.17, 15) is 19.5 Å². The molecule has 3 amide bonds. The van der Waals surface area contributed by atoms with Gasteiger partial charge >= 0.3 is 0 Å². The third kappa shape index (κ3) is 5.07. The van der Waals surface area contributed by atoms with Gasteiger partial charge in [0.2, 0.25) is 5.91 Å². The fourth-order valence-corrected chi connectivity index (χ4v) is 4.35. The lowest BCUT2D eigenvalue weighted by atomic mass is 10.2. The maximum Gasteiger partial charge on any atom is 0.294 e. The van der Waals surface area contributed by atoms with Gasteiger partial charge in [-0.25, -0.2) is 0 Å². The van der Waals surface area contributed by atoms with Crippen molar-refractivity contribution in [3.63, 3.8) is 0 Å². The predicted molar refractivity (Wildman–Crippen MR) is 124 cm³/mol. The number of hydrogen-bond donors (Lipinski definition) is 2. The standard InChI is InChI=1S/C22H20ClN3O5S/c23-17-11-14(1-6-18(17)27)12-19-21(29)26(22(30)32-19)13-20(28)24-15-2-4-16(5-3-15)25-7-9-31-10-8-25/h1-6,11-12,27H,7-10,13H2,(H,24,28)/b19-12+. The lowest BCUT2D eigenvalue weighted by molar-refractivity contribution is -0.127. The molecule has 0 unspecified atom stereocenters. The molecule has 0 bridgehead atoms. The lowest BCUT2D eigenvalue weighted by Gasteiger charge is -2.28. The number of carbonyl (C=O) groups is 3. The first-order valence-electron chi connectivity index (χ1n) is 9.87. The Morgan fingerprint density at radius 1 is 1.16 bits per heavy atom. The molecule has 2 N–H and O–H groups in total. The topological polar surface area (TPSA) is 99.2 Å². The van der Waals surface area contributed by atoms with Gasteiger partial charge in [0, 0.05) is 24.5 Å². The van der Waals surface area contributed by atoms with Gasteiger partial charge in [0.05, 0.1) is 23.1 Å². The normalized spacial score (nSPS) is 17.8. The van der Waals surface area contributed by atoms with E-state index in [-0.39, 0.29) is 22.2 Å². The van der Waals surface area contributed by atoms with E-state index in [0.29, 0.717) is 24.5 Å². The van der Waals surface area contributed by atoms with Crippen LogP contribution >= 0.6 is 23.4 Å². The minimum Gasteiger partial charge on any atom is -0.506 e. The Kier molecular flexibility index (Phi) is 6.69. The summed E-state index contributed by atoms with van der Waals surface area (Å²) in [7, 11) is 0. The molecule has 0 atom stereocenters. The number of anilines is 2. The lowest BCUT2D eigenvalue weighted by Crippen LogP contribution is -2.36. The largest absolute Gasteiger partial charge is 0.506 e. The number of phenolic OH excluding ortho intramolecular Hbond substituents is 1. The van der Waals surface area contributed by atoms with Crippen LogP contribution in [0.15, 0.2) is 47.4 Å². The number of morpholine rings is 1. The highest BCUT2D eigenvalue weighted by Crippen LogP contribution is 2.33. The number of halogens is 1. The molecule has 0 spiro atoms. The van der Waals surface area contributed by atoms with Gasteiger partial charge in [0.25, 0.3) is 11.1 Å². The first-order valence-corrected chi connectivity index (χ1v) is 11.1. The van der Waals surface area contributed by atoms with E-state index in [4.69, 9.17) is 16.3 Å². The number of hydrogen-bond acceptors (Lipinski definition) is 7. The van der Waals surface area contributed by atoms with Gasteiger partial charge in [-0.1, -0.05) is 17.7 Å². The molecular formula is C22H20ClN3O5S. The number of thioether (sulfide) groups is 1. The molecule has 32 heavy (non-hydrogen) atoms. The maximum absolute atomic E-state index is 12.6. The zero-order chi connectivity index (χ0) is 22.7. The number of imide groups is 1. The number of amides is 3. The number of ether oxygens (including phenoxy) is 1. The number of nitrogens with one attached hydrogen (secondary N) is 1. The van der Waals surface area contributed by atoms with E-state index in [1.807, 2.05) is 12.1 Å². The summed E-state index contributed by atoms with van der Waals surface area (Å²) in [6.45, 7) is 2.61. The van der Waals surface area contributed by atoms with E-state index in [1.54, 1.807) is 18.2 Å². The van der Waals surface area contributed by atoms with Crippen molar-refractivity contribution in [3.8, 4) is 5.75 Å². The molecule has 2 fully saturated rings. The number of phenols is 1. The molecular weight excluding hydrogens is 454 g/mol. The smallest absolute Gasteiger partial charge is 0.294 e. The van der Waals surface area contributed by atoms with Crippen molar-refractivity contribution in [2.45, 2.75) is 0 Å². The van der Waals surface area contributed by atoms with Gasteiger partial charge in [-0.05, 0) is 59.8 Å². The van der Waals surface area contributed by atoms with Crippen molar-refractivity contribution in [2.75, 3.05) is 43.1 Å². The molecule has 2 aromatic rings. The summed E-state index contributed by atoms with van der Waals surface area (Å²) < 4.78 is 5.35. The quantitative estimate of drug-likeness (QED) is 0.640. The van der Waals surface area contributed by atoms with E-state index < -0.39 is 17.1 Å². The summed E-state index contributed by atoms with van der Waals surface area (Å²) in [5, 5.41) is 11.8. The molecule has 166 valence electrons. The minimum absolute atomic E-state index is 0.0773. The highest BCUT2D eigenvalue weighted by atomic mass is 35.5. The fourth-order valence-electron chi connectivity index (χ4n) is 3.32. The SMILES string of the molecule is O=C(CN1C(=O)S/C(=C/c2ccc(O)c(Cl)c2)C1=O)Nc1ccc(N2CCOCC2)cc1. The first kappa shape index (κ1) is 22.2. The Morgan fingerprint density at radius 2 is 1.88 bits per heavy atom. The Hall–Kier alpha value is -3.01. The molecule has 2 aliphatic heterocycles. The fraction of sp³-hybridized carbons (Fsp3) is 0.227. The Morgan fingerprint density at radius 3 is 2.56 bits per heavy atom. The summed E-state index contributed by atoms with van der Waals surface area (Å²) in [6.07, 6.45) is 1.50. The third-order valence-corrected chi connectivity index (χ3v) is 6.18. The van der Waals surface area contributed by atoms with E-state index >= 15 is 0 Å². The maximum atomic E-state index is 12.6. The molecule has 10 heteroatoms. The van der Waals surface area contributed by atoms with Crippen molar-refractivity contribution in [2.24, 2.45) is 0 Å². The zero-order valence-electron chi connectivity index (χ0n) is 16.9. The second-order valence-corrected chi connectivity index (χ2v) is 8.57. The van der Waals surface area contributed by atoms with E-state index in [2.05, 4.69) is 10.2 Å². The summed E-state index contributed by atoms with van der Waals surface area (Å²) in [6, 6.07) is 11.8. The Labute approximate surface area is 193 Å². The predicted octanol–water partition coefficient (Wildman–Crippen LogP) is 3.56. The van der Waals surface area contributed by atoms with Crippen molar-refractivity contribution in [1.82, 2.24) is 4.90 Å². The molecule has 2 aliphatic rings. The molecule has 8 nitrogen and oxygen atoms in total. The van der Waals surface area contributed by atoms with Crippen LogP contribution in [0, 0.1) is 0 Å². The Bertz CT molecular complexity index is 1080. The molecule has 0 radical (unpaired) electrons. The van der Waals surface area contributed by atoms with Crippen LogP contribution in [-0.2, 0) is 14.3 Å². The average molecular weight is 474 g/mol. The molecule has 0 saturated carbocycles. The van der Waals surface area contributed by atoms with Crippen LogP contribution < -0.4 is 10.2 Å². The van der Waals surface area contributed by atoms with Crippen molar-refractivity contribution in [3.05, 3.63) is 58.0 Å². The monoisotopic (exact) mass is 473 g/mol. The van der Waals surface area contributed by atoms with Crippen LogP contribution in [0.5, 0.6) is 5.75 Å². The van der Waals surface area contributed by atoms with Crippen molar-refractivity contribution < 1.29 is 24.2 Å². The number of rotatable bonds is 5. The second-order valence-electron chi connectivity index (χ2n) is 7.17. The molecule has 0 aromatic heterocycles. The average Bonchev–Trinajstić information content (AvgIpc) is 3.04. The van der Waals surface area contributed by atoms with Crippen LogP contribution in [-0.4, -0.2) is 59.9 Å². The van der Waals surface area contributed by atoms with Crippen LogP contribution in [0.25, 0.3) is 6.08 Å². The highest BCUT2D eigenvalue weighted by Gasteiger charge is 2.36. The van der Waals surface area contributed by atoms with Crippen LogP contribution in [0.2, 0.25) is 5.02 Å². The van der Waals surface area contributed by atoms with Gasteiger partial charge in [-0.15, -0.1) is 0 Å². The summed E-state index contributed by atoms with van der Waals surface area (Å²) in [4.78, 5) is 40.6.